The van der Waals surface area contributed by atoms with E-state index in [2.05, 4.69) is 18.1 Å². The first-order valence-corrected chi connectivity index (χ1v) is 7.45. The zero-order valence-corrected chi connectivity index (χ0v) is 12.3. The summed E-state index contributed by atoms with van der Waals surface area (Å²) in [6.07, 6.45) is 6.84. The van der Waals surface area contributed by atoms with E-state index in [1.165, 1.54) is 0 Å². The van der Waals surface area contributed by atoms with Crippen molar-refractivity contribution < 1.29 is 4.84 Å². The molecule has 3 nitrogen and oxygen atoms in total. The lowest BCUT2D eigenvalue weighted by molar-refractivity contribution is 0.129. The minimum Gasteiger partial charge on any atom is -0.391 e. The highest BCUT2D eigenvalue weighted by atomic mass is 16.6. The van der Waals surface area contributed by atoms with Crippen molar-refractivity contribution in [1.82, 2.24) is 0 Å². The van der Waals surface area contributed by atoms with Crippen LogP contribution in [0.3, 0.4) is 0 Å². The third-order valence-electron chi connectivity index (χ3n) is 3.09. The van der Waals surface area contributed by atoms with E-state index >= 15 is 0 Å². The second-order valence-electron chi connectivity index (χ2n) is 4.89. The van der Waals surface area contributed by atoms with E-state index < -0.39 is 0 Å². The number of hydrogen-bond donors (Lipinski definition) is 0. The number of nitrogens with zero attached hydrogens (tertiary/aromatic N) is 2. The van der Waals surface area contributed by atoms with Crippen LogP contribution in [0.5, 0.6) is 0 Å². The minimum absolute atomic E-state index is 0.522. The van der Waals surface area contributed by atoms with Crippen molar-refractivity contribution in [3.63, 3.8) is 0 Å². The smallest absolute Gasteiger partial charge is 0.142 e. The van der Waals surface area contributed by atoms with Gasteiger partial charge in [0.1, 0.15) is 6.61 Å². The number of benzene rings is 1. The third-order valence-corrected chi connectivity index (χ3v) is 3.09. The molecule has 1 aromatic rings. The van der Waals surface area contributed by atoms with Crippen molar-refractivity contribution in [3.8, 4) is 6.07 Å². The van der Waals surface area contributed by atoms with Gasteiger partial charge >= 0.3 is 0 Å². The molecule has 0 aliphatic carbocycles. The average molecular weight is 272 g/mol. The Labute approximate surface area is 122 Å². The summed E-state index contributed by atoms with van der Waals surface area (Å²) < 4.78 is 0. The molecule has 0 aliphatic heterocycles. The molecule has 0 atom stereocenters. The van der Waals surface area contributed by atoms with Crippen molar-refractivity contribution in [2.75, 3.05) is 0 Å². The second-order valence-corrected chi connectivity index (χ2v) is 4.89. The van der Waals surface area contributed by atoms with E-state index in [9.17, 15) is 0 Å². The maximum absolute atomic E-state index is 8.54. The molecule has 20 heavy (non-hydrogen) atoms. The molecule has 0 unspecified atom stereocenters. The van der Waals surface area contributed by atoms with Gasteiger partial charge in [0.25, 0.3) is 0 Å². The van der Waals surface area contributed by atoms with Gasteiger partial charge < -0.3 is 4.84 Å². The Bertz CT molecular complexity index is 420. The predicted molar refractivity (Wildman–Crippen MR) is 82.3 cm³/mol. The molecule has 0 bridgehead atoms. The largest absolute Gasteiger partial charge is 0.391 e. The number of nitriles is 1. The molecule has 1 rings (SSSR count). The maximum atomic E-state index is 8.54. The normalized spacial score (nSPS) is 11.1. The Kier molecular flexibility index (Phi) is 8.97. The van der Waals surface area contributed by atoms with Crippen LogP contribution < -0.4 is 0 Å². The van der Waals surface area contributed by atoms with Crippen LogP contribution in [-0.4, -0.2) is 5.71 Å². The SMILES string of the molecule is CCCC/C(CCCCC#N)=N\OCc1ccccc1. The van der Waals surface area contributed by atoms with E-state index in [4.69, 9.17) is 10.1 Å². The van der Waals surface area contributed by atoms with Crippen LogP contribution in [0.25, 0.3) is 0 Å². The summed E-state index contributed by atoms with van der Waals surface area (Å²) in [5, 5.41) is 12.8. The highest BCUT2D eigenvalue weighted by Gasteiger charge is 2.01. The van der Waals surface area contributed by atoms with Crippen LogP contribution in [0.4, 0.5) is 0 Å². The Morgan fingerprint density at radius 1 is 1.15 bits per heavy atom. The van der Waals surface area contributed by atoms with Crippen LogP contribution in [0.2, 0.25) is 0 Å². The topological polar surface area (TPSA) is 45.4 Å². The molecule has 0 saturated heterocycles. The van der Waals surface area contributed by atoms with E-state index in [-0.39, 0.29) is 0 Å². The molecule has 0 aliphatic rings. The summed E-state index contributed by atoms with van der Waals surface area (Å²) >= 11 is 0. The third kappa shape index (κ3) is 7.58. The number of oxime groups is 1. The van der Waals surface area contributed by atoms with Gasteiger partial charge in [-0.3, -0.25) is 0 Å². The number of hydrogen-bond acceptors (Lipinski definition) is 3. The molecular weight excluding hydrogens is 248 g/mol. The van der Waals surface area contributed by atoms with Gasteiger partial charge in [0.05, 0.1) is 11.8 Å². The van der Waals surface area contributed by atoms with Gasteiger partial charge in [0.15, 0.2) is 0 Å². The second kappa shape index (κ2) is 11.0. The molecule has 0 spiro atoms. The van der Waals surface area contributed by atoms with Crippen LogP contribution in [0.15, 0.2) is 35.5 Å². The summed E-state index contributed by atoms with van der Waals surface area (Å²) in [6.45, 7) is 2.70. The molecule has 0 heterocycles. The number of rotatable bonds is 10. The van der Waals surface area contributed by atoms with Gasteiger partial charge in [-0.15, -0.1) is 0 Å². The van der Waals surface area contributed by atoms with E-state index in [1.807, 2.05) is 30.3 Å². The van der Waals surface area contributed by atoms with Crippen molar-refractivity contribution >= 4 is 5.71 Å². The van der Waals surface area contributed by atoms with Gasteiger partial charge in [0.2, 0.25) is 0 Å². The summed E-state index contributed by atoms with van der Waals surface area (Å²) in [7, 11) is 0. The predicted octanol–water partition coefficient (Wildman–Crippen LogP) is 4.83. The molecule has 0 fully saturated rings. The number of unbranched alkanes of at least 4 members (excludes halogenated alkanes) is 3. The van der Waals surface area contributed by atoms with Gasteiger partial charge in [0, 0.05) is 6.42 Å². The fraction of sp³-hybridized carbons (Fsp3) is 0.529. The first-order chi connectivity index (χ1) is 9.86. The summed E-state index contributed by atoms with van der Waals surface area (Å²) in [4.78, 5) is 5.46. The molecule has 0 radical (unpaired) electrons. The Balaban J connectivity index is 2.36. The van der Waals surface area contributed by atoms with E-state index in [0.717, 1.165) is 49.8 Å². The molecule has 108 valence electrons. The van der Waals surface area contributed by atoms with Crippen molar-refractivity contribution in [1.29, 1.82) is 5.26 Å². The van der Waals surface area contributed by atoms with Gasteiger partial charge in [-0.05, 0) is 37.7 Å². The Morgan fingerprint density at radius 3 is 2.60 bits per heavy atom. The fourth-order valence-corrected chi connectivity index (χ4v) is 1.90. The van der Waals surface area contributed by atoms with Crippen LogP contribution >= 0.6 is 0 Å². The quantitative estimate of drug-likeness (QED) is 0.348. The first kappa shape index (κ1) is 16.2. The maximum Gasteiger partial charge on any atom is 0.142 e. The zero-order valence-electron chi connectivity index (χ0n) is 12.3. The fourth-order valence-electron chi connectivity index (χ4n) is 1.90. The molecule has 1 aromatic carbocycles. The van der Waals surface area contributed by atoms with Gasteiger partial charge in [-0.25, -0.2) is 0 Å². The van der Waals surface area contributed by atoms with Crippen molar-refractivity contribution in [2.45, 2.75) is 58.5 Å². The van der Waals surface area contributed by atoms with Crippen LogP contribution in [0.1, 0.15) is 57.4 Å². The zero-order chi connectivity index (χ0) is 14.5. The van der Waals surface area contributed by atoms with E-state index in [1.54, 1.807) is 0 Å². The average Bonchev–Trinajstić information content (AvgIpc) is 2.49. The highest BCUT2D eigenvalue weighted by Crippen LogP contribution is 2.08. The lowest BCUT2D eigenvalue weighted by atomic mass is 10.1. The Hall–Kier alpha value is -1.82. The van der Waals surface area contributed by atoms with Crippen LogP contribution in [0, 0.1) is 11.3 Å². The molecule has 3 heteroatoms. The molecule has 0 aromatic heterocycles. The first-order valence-electron chi connectivity index (χ1n) is 7.45. The lowest BCUT2D eigenvalue weighted by Gasteiger charge is -2.06. The highest BCUT2D eigenvalue weighted by molar-refractivity contribution is 5.83. The van der Waals surface area contributed by atoms with Crippen molar-refractivity contribution in [2.24, 2.45) is 5.16 Å². The van der Waals surface area contributed by atoms with Crippen molar-refractivity contribution in [3.05, 3.63) is 35.9 Å². The summed E-state index contributed by atoms with van der Waals surface area (Å²) in [5.41, 5.74) is 2.26. The standard InChI is InChI=1S/C17H24N2O/c1-2-3-12-17(13-8-5-9-14-18)19-20-15-16-10-6-4-7-11-16/h4,6-7,10-11H,2-3,5,8-9,12-13,15H2,1H3/b19-17+. The molecular formula is C17H24N2O. The van der Waals surface area contributed by atoms with Crippen LogP contribution in [-0.2, 0) is 11.4 Å². The summed E-state index contributed by atoms with van der Waals surface area (Å²) in [5.74, 6) is 0. The minimum atomic E-state index is 0.522. The molecule has 0 saturated carbocycles. The molecule has 0 N–H and O–H groups in total. The van der Waals surface area contributed by atoms with E-state index in [0.29, 0.717) is 13.0 Å². The molecule has 0 amide bonds. The van der Waals surface area contributed by atoms with Gasteiger partial charge in [-0.1, -0.05) is 48.8 Å². The monoisotopic (exact) mass is 272 g/mol. The lowest BCUT2D eigenvalue weighted by Crippen LogP contribution is -2.00. The van der Waals surface area contributed by atoms with Gasteiger partial charge in [-0.2, -0.15) is 5.26 Å². The summed E-state index contributed by atoms with van der Waals surface area (Å²) in [6, 6.07) is 12.2. The Morgan fingerprint density at radius 2 is 1.90 bits per heavy atom.